The first-order valence-electron chi connectivity index (χ1n) is 7.76. The Kier molecular flexibility index (Phi) is 4.05. The fourth-order valence-corrected chi connectivity index (χ4v) is 4.10. The van der Waals surface area contributed by atoms with E-state index in [0.29, 0.717) is 17.9 Å². The van der Waals surface area contributed by atoms with Gasteiger partial charge in [0.15, 0.2) is 0 Å². The van der Waals surface area contributed by atoms with Gasteiger partial charge in [-0.05, 0) is 12.1 Å². The Balaban J connectivity index is 1.32. The van der Waals surface area contributed by atoms with Crippen LogP contribution in [0.2, 0.25) is 0 Å². The van der Waals surface area contributed by atoms with E-state index in [9.17, 15) is 0 Å². The predicted molar refractivity (Wildman–Crippen MR) is 86.8 cm³/mol. The summed E-state index contributed by atoms with van der Waals surface area (Å²) in [6.45, 7) is 4.89. The number of rotatable bonds is 5. The summed E-state index contributed by atoms with van der Waals surface area (Å²) in [6.07, 6.45) is 4.09. The molecule has 2 aromatic rings. The maximum Gasteiger partial charge on any atom is 0.125 e. The normalized spacial score (nSPS) is 27.9. The summed E-state index contributed by atoms with van der Waals surface area (Å²) in [7, 11) is 0. The molecule has 4 rings (SSSR count). The number of hydrogen-bond donors (Lipinski definition) is 1. The molecule has 0 aliphatic carbocycles. The molecular formula is C16H20N4OS. The first kappa shape index (κ1) is 14.1. The molecule has 0 spiro atoms. The molecule has 0 saturated carbocycles. The van der Waals surface area contributed by atoms with Gasteiger partial charge < -0.3 is 10.1 Å². The van der Waals surface area contributed by atoms with E-state index in [2.05, 4.69) is 20.2 Å². The Morgan fingerprint density at radius 3 is 3.09 bits per heavy atom. The van der Waals surface area contributed by atoms with Gasteiger partial charge in [0.05, 0.1) is 19.3 Å². The first-order valence-corrected chi connectivity index (χ1v) is 8.63. The number of thiazole rings is 1. The molecule has 5 nitrogen and oxygen atoms in total. The van der Waals surface area contributed by atoms with E-state index in [1.54, 1.807) is 11.3 Å². The molecular weight excluding hydrogens is 296 g/mol. The zero-order valence-electron chi connectivity index (χ0n) is 12.4. The lowest BCUT2D eigenvalue weighted by Gasteiger charge is -2.19. The molecule has 3 atom stereocenters. The molecule has 0 radical (unpaired) electrons. The van der Waals surface area contributed by atoms with Gasteiger partial charge in [0.25, 0.3) is 0 Å². The van der Waals surface area contributed by atoms with E-state index in [1.807, 2.05) is 36.0 Å². The van der Waals surface area contributed by atoms with Gasteiger partial charge >= 0.3 is 0 Å². The fraction of sp³-hybridized carbons (Fsp3) is 0.500. The summed E-state index contributed by atoms with van der Waals surface area (Å²) in [4.78, 5) is 11.2. The van der Waals surface area contributed by atoms with E-state index in [-0.39, 0.29) is 0 Å². The highest BCUT2D eigenvalue weighted by atomic mass is 32.1. The summed E-state index contributed by atoms with van der Waals surface area (Å²) in [5, 5.41) is 6.68. The van der Waals surface area contributed by atoms with E-state index in [1.165, 1.54) is 5.01 Å². The van der Waals surface area contributed by atoms with Crippen molar-refractivity contribution in [3.05, 3.63) is 41.0 Å². The molecule has 0 amide bonds. The van der Waals surface area contributed by atoms with Crippen molar-refractivity contribution >= 4 is 17.2 Å². The van der Waals surface area contributed by atoms with Crippen LogP contribution in [-0.2, 0) is 11.3 Å². The summed E-state index contributed by atoms with van der Waals surface area (Å²) in [6, 6.07) is 5.96. The summed E-state index contributed by atoms with van der Waals surface area (Å²) in [5.41, 5.74) is 0. The largest absolute Gasteiger partial charge is 0.376 e. The highest BCUT2D eigenvalue weighted by Gasteiger charge is 2.43. The number of nitrogens with zero attached hydrogens (tertiary/aromatic N) is 3. The van der Waals surface area contributed by atoms with E-state index in [0.717, 1.165) is 38.6 Å². The van der Waals surface area contributed by atoms with Gasteiger partial charge in [0.2, 0.25) is 0 Å². The maximum absolute atomic E-state index is 6.01. The first-order chi connectivity index (χ1) is 10.9. The van der Waals surface area contributed by atoms with Crippen molar-refractivity contribution in [3.8, 4) is 0 Å². The maximum atomic E-state index is 6.01. The average Bonchev–Trinajstić information content (AvgIpc) is 3.25. The van der Waals surface area contributed by atoms with Gasteiger partial charge in [-0.15, -0.1) is 11.3 Å². The van der Waals surface area contributed by atoms with Crippen LogP contribution in [0.4, 0.5) is 5.82 Å². The van der Waals surface area contributed by atoms with Crippen LogP contribution >= 0.6 is 11.3 Å². The lowest BCUT2D eigenvalue weighted by atomic mass is 9.93. The minimum Gasteiger partial charge on any atom is -0.376 e. The van der Waals surface area contributed by atoms with Gasteiger partial charge in [0.1, 0.15) is 10.8 Å². The molecule has 116 valence electrons. The Labute approximate surface area is 134 Å². The van der Waals surface area contributed by atoms with Gasteiger partial charge in [-0.25, -0.2) is 9.97 Å². The lowest BCUT2D eigenvalue weighted by molar-refractivity contribution is 0.0946. The number of fused-ring (bicyclic) bond motifs is 1. The average molecular weight is 316 g/mol. The molecule has 22 heavy (non-hydrogen) atoms. The fourth-order valence-electron chi connectivity index (χ4n) is 3.44. The van der Waals surface area contributed by atoms with Crippen LogP contribution in [0.3, 0.4) is 0 Å². The van der Waals surface area contributed by atoms with Crippen LogP contribution in [0.25, 0.3) is 0 Å². The van der Waals surface area contributed by atoms with Crippen molar-refractivity contribution in [1.29, 1.82) is 0 Å². The molecule has 2 saturated heterocycles. The van der Waals surface area contributed by atoms with Gasteiger partial charge in [-0.2, -0.15) is 0 Å². The second-order valence-electron chi connectivity index (χ2n) is 6.01. The smallest absolute Gasteiger partial charge is 0.125 e. The number of nitrogens with one attached hydrogen (secondary N) is 1. The van der Waals surface area contributed by atoms with Crippen LogP contribution in [-0.4, -0.2) is 47.2 Å². The third-order valence-corrected chi connectivity index (χ3v) is 5.33. The van der Waals surface area contributed by atoms with Crippen molar-refractivity contribution in [2.75, 3.05) is 31.6 Å². The Hall–Kier alpha value is -1.50. The quantitative estimate of drug-likeness (QED) is 0.915. The minimum absolute atomic E-state index is 0.385. The number of aromatic nitrogens is 2. The monoisotopic (exact) mass is 316 g/mol. The standard InChI is InChI=1S/C16H20N4OS/c1-2-4-17-15(3-1)19-7-12-11-21-14-9-20(8-13(12)14)10-16-18-5-6-22-16/h1-6,12-14H,7-11H2,(H,17,19)/t12-,13+,14+/m1/s1. The zero-order chi connectivity index (χ0) is 14.8. The minimum atomic E-state index is 0.385. The van der Waals surface area contributed by atoms with Crippen LogP contribution in [0.5, 0.6) is 0 Å². The Morgan fingerprint density at radius 2 is 2.27 bits per heavy atom. The van der Waals surface area contributed by atoms with Gasteiger partial charge in [-0.1, -0.05) is 6.07 Å². The topological polar surface area (TPSA) is 50.3 Å². The van der Waals surface area contributed by atoms with Crippen LogP contribution < -0.4 is 5.32 Å². The SMILES string of the molecule is c1ccc(NC[C@@H]2CO[C@H]3CN(Cc4nccs4)C[C@@H]23)nc1. The van der Waals surface area contributed by atoms with Crippen molar-refractivity contribution in [2.24, 2.45) is 11.8 Å². The second-order valence-corrected chi connectivity index (χ2v) is 6.99. The predicted octanol–water partition coefficient (Wildman–Crippen LogP) is 2.10. The third kappa shape index (κ3) is 2.99. The summed E-state index contributed by atoms with van der Waals surface area (Å²) in [5.74, 6) is 2.13. The Bertz CT molecular complexity index is 591. The molecule has 2 aromatic heterocycles. The van der Waals surface area contributed by atoms with Crippen LogP contribution in [0.1, 0.15) is 5.01 Å². The molecule has 2 fully saturated rings. The highest BCUT2D eigenvalue weighted by molar-refractivity contribution is 7.09. The number of hydrogen-bond acceptors (Lipinski definition) is 6. The molecule has 6 heteroatoms. The number of pyridine rings is 1. The summed E-state index contributed by atoms with van der Waals surface area (Å²) < 4.78 is 6.01. The van der Waals surface area contributed by atoms with Crippen molar-refractivity contribution < 1.29 is 4.74 Å². The van der Waals surface area contributed by atoms with E-state index in [4.69, 9.17) is 4.74 Å². The van der Waals surface area contributed by atoms with Crippen molar-refractivity contribution in [3.63, 3.8) is 0 Å². The molecule has 4 heterocycles. The van der Waals surface area contributed by atoms with Gasteiger partial charge in [-0.3, -0.25) is 4.90 Å². The molecule has 0 bridgehead atoms. The van der Waals surface area contributed by atoms with Crippen LogP contribution in [0.15, 0.2) is 36.0 Å². The Morgan fingerprint density at radius 1 is 1.27 bits per heavy atom. The van der Waals surface area contributed by atoms with Crippen LogP contribution in [0, 0.1) is 11.8 Å². The van der Waals surface area contributed by atoms with E-state index >= 15 is 0 Å². The lowest BCUT2D eigenvalue weighted by Crippen LogP contribution is -2.27. The van der Waals surface area contributed by atoms with Gasteiger partial charge in [0, 0.05) is 49.2 Å². The highest BCUT2D eigenvalue weighted by Crippen LogP contribution is 2.34. The molecule has 2 aliphatic heterocycles. The van der Waals surface area contributed by atoms with Crippen molar-refractivity contribution in [1.82, 2.24) is 14.9 Å². The number of ether oxygens (including phenoxy) is 1. The van der Waals surface area contributed by atoms with E-state index < -0.39 is 0 Å². The summed E-state index contributed by atoms with van der Waals surface area (Å²) >= 11 is 1.73. The third-order valence-electron chi connectivity index (χ3n) is 4.57. The zero-order valence-corrected chi connectivity index (χ0v) is 13.2. The number of anilines is 1. The molecule has 0 aromatic carbocycles. The van der Waals surface area contributed by atoms with Crippen molar-refractivity contribution in [2.45, 2.75) is 12.6 Å². The molecule has 0 unspecified atom stereocenters. The number of likely N-dealkylation sites (tertiary alicyclic amines) is 1. The molecule has 1 N–H and O–H groups in total. The second kappa shape index (κ2) is 6.32. The molecule has 2 aliphatic rings.